The lowest BCUT2D eigenvalue weighted by molar-refractivity contribution is -0.138. The molecule has 15 heteroatoms. The van der Waals surface area contributed by atoms with Gasteiger partial charge in [0.25, 0.3) is 0 Å². The number of ether oxygens (including phenoxy) is 1. The second-order valence-electron chi connectivity index (χ2n) is 12.4. The standard InChI is InChI=1S/C30H41ClN6O7S/c1-44-30(41)33-23-9-7-20(8-10-23)25-26(31)35-27(34-25)24-15-22(19-11-13-36(14-12-19)45(2,42)43)17-37(24)28(38)21-5-3-18(4-6-21)16-32-29(39)40/h7-10,18-19,21-22,24,32H,3-6,11-17H2,1-2H3,(H,33,41)(H,34,35)(H,39,40)/t18-,21+,22-,24-/m0/s1. The maximum absolute atomic E-state index is 14.1. The molecule has 2 atom stereocenters. The summed E-state index contributed by atoms with van der Waals surface area (Å²) in [6, 6.07) is 6.77. The molecule has 0 radical (unpaired) electrons. The van der Waals surface area contributed by atoms with Gasteiger partial charge in [0.1, 0.15) is 5.82 Å². The molecule has 3 fully saturated rings. The number of likely N-dealkylation sites (tertiary alicyclic amines) is 1. The smallest absolute Gasteiger partial charge is 0.411 e. The van der Waals surface area contributed by atoms with Crippen LogP contribution in [0.5, 0.6) is 0 Å². The normalized spacial score (nSPS) is 24.7. The largest absolute Gasteiger partial charge is 0.465 e. The summed E-state index contributed by atoms with van der Waals surface area (Å²) in [6.45, 7) is 1.91. The molecule has 1 aromatic carbocycles. The van der Waals surface area contributed by atoms with Gasteiger partial charge in [0.05, 0.1) is 25.1 Å². The molecule has 2 saturated heterocycles. The number of H-pyrrole nitrogens is 1. The Morgan fingerprint density at radius 2 is 1.73 bits per heavy atom. The zero-order valence-electron chi connectivity index (χ0n) is 25.5. The molecule has 4 N–H and O–H groups in total. The average Bonchev–Trinajstić information content (AvgIpc) is 3.64. The van der Waals surface area contributed by atoms with E-state index in [1.165, 1.54) is 17.7 Å². The third-order valence-electron chi connectivity index (χ3n) is 9.59. The van der Waals surface area contributed by atoms with Gasteiger partial charge in [-0.2, -0.15) is 0 Å². The molecule has 13 nitrogen and oxygen atoms in total. The third kappa shape index (κ3) is 7.90. The van der Waals surface area contributed by atoms with Crippen LogP contribution >= 0.6 is 11.6 Å². The molecule has 2 aliphatic heterocycles. The van der Waals surface area contributed by atoms with Crippen molar-refractivity contribution in [1.29, 1.82) is 0 Å². The van der Waals surface area contributed by atoms with Crippen molar-refractivity contribution in [3.05, 3.63) is 35.2 Å². The van der Waals surface area contributed by atoms with Gasteiger partial charge in [-0.05, 0) is 74.8 Å². The molecule has 5 rings (SSSR count). The summed E-state index contributed by atoms with van der Waals surface area (Å²) in [7, 11) is -1.95. The molecule has 246 valence electrons. The molecule has 0 unspecified atom stereocenters. The van der Waals surface area contributed by atoms with Gasteiger partial charge in [-0.1, -0.05) is 23.7 Å². The maximum atomic E-state index is 14.1. The highest BCUT2D eigenvalue weighted by Crippen LogP contribution is 2.44. The minimum Gasteiger partial charge on any atom is -0.465 e. The monoisotopic (exact) mass is 664 g/mol. The Morgan fingerprint density at radius 1 is 1.07 bits per heavy atom. The number of carboxylic acid groups (broad SMARTS) is 1. The van der Waals surface area contributed by atoms with E-state index in [0.717, 1.165) is 31.2 Å². The Labute approximate surface area is 268 Å². The van der Waals surface area contributed by atoms with E-state index in [-0.39, 0.29) is 40.8 Å². The second-order valence-corrected chi connectivity index (χ2v) is 14.7. The van der Waals surface area contributed by atoms with Gasteiger partial charge in [0, 0.05) is 43.3 Å². The summed E-state index contributed by atoms with van der Waals surface area (Å²) >= 11 is 6.65. The van der Waals surface area contributed by atoms with Crippen molar-refractivity contribution >= 4 is 45.4 Å². The van der Waals surface area contributed by atoms with Gasteiger partial charge < -0.3 is 25.0 Å². The number of aromatic nitrogens is 2. The summed E-state index contributed by atoms with van der Waals surface area (Å²) in [5, 5.41) is 14.3. The lowest BCUT2D eigenvalue weighted by Gasteiger charge is -2.34. The zero-order valence-corrected chi connectivity index (χ0v) is 27.1. The molecule has 1 aliphatic carbocycles. The summed E-state index contributed by atoms with van der Waals surface area (Å²) in [4.78, 5) is 46.6. The number of carbonyl (C=O) groups excluding carboxylic acids is 2. The van der Waals surface area contributed by atoms with Crippen molar-refractivity contribution in [2.45, 2.75) is 51.0 Å². The molecule has 1 aromatic heterocycles. The van der Waals surface area contributed by atoms with Gasteiger partial charge in [-0.25, -0.2) is 27.3 Å². The van der Waals surface area contributed by atoms with E-state index in [0.29, 0.717) is 62.6 Å². The van der Waals surface area contributed by atoms with E-state index in [2.05, 4.69) is 25.3 Å². The number of halogens is 1. The first kappa shape index (κ1) is 33.0. The molecule has 45 heavy (non-hydrogen) atoms. The van der Waals surface area contributed by atoms with Crippen LogP contribution in [0.2, 0.25) is 5.15 Å². The minimum atomic E-state index is -3.24. The highest BCUT2D eigenvalue weighted by atomic mass is 35.5. The topological polar surface area (TPSA) is 174 Å². The first-order chi connectivity index (χ1) is 21.4. The summed E-state index contributed by atoms with van der Waals surface area (Å²) in [6.07, 6.45) is 4.76. The molecular weight excluding hydrogens is 624 g/mol. The Balaban J connectivity index is 1.34. The molecule has 0 spiro atoms. The SMILES string of the molecule is COC(=O)Nc1ccc(-c2[nH]c([C@@H]3C[C@H](C4CCN(S(C)(=O)=O)CC4)CN3C(=O)[C@H]3CC[C@@H](CNC(=O)O)CC3)nc2Cl)cc1. The Hall–Kier alpha value is -3.36. The van der Waals surface area contributed by atoms with Crippen molar-refractivity contribution in [2.24, 2.45) is 23.7 Å². The number of amides is 3. The van der Waals surface area contributed by atoms with Crippen LogP contribution in [0.25, 0.3) is 11.3 Å². The lowest BCUT2D eigenvalue weighted by Crippen LogP contribution is -2.41. The van der Waals surface area contributed by atoms with Crippen molar-refractivity contribution in [1.82, 2.24) is 24.5 Å². The van der Waals surface area contributed by atoms with Crippen LogP contribution < -0.4 is 10.6 Å². The number of piperidine rings is 1. The van der Waals surface area contributed by atoms with Crippen molar-refractivity contribution < 1.29 is 32.6 Å². The van der Waals surface area contributed by atoms with Crippen LogP contribution in [-0.4, -0.2) is 90.3 Å². The first-order valence-electron chi connectivity index (χ1n) is 15.4. The Bertz CT molecular complexity index is 1480. The fraction of sp³-hybridized carbons (Fsp3) is 0.600. The zero-order chi connectivity index (χ0) is 32.3. The average molecular weight is 665 g/mol. The Morgan fingerprint density at radius 3 is 2.33 bits per heavy atom. The highest BCUT2D eigenvalue weighted by molar-refractivity contribution is 7.88. The molecule has 2 aromatic rings. The molecule has 0 bridgehead atoms. The number of nitrogens with zero attached hydrogens (tertiary/aromatic N) is 3. The number of benzene rings is 1. The van der Waals surface area contributed by atoms with Crippen LogP contribution in [0.15, 0.2) is 24.3 Å². The summed E-state index contributed by atoms with van der Waals surface area (Å²) in [5.74, 6) is 1.21. The van der Waals surface area contributed by atoms with E-state index in [4.69, 9.17) is 16.7 Å². The summed E-state index contributed by atoms with van der Waals surface area (Å²) < 4.78 is 30.3. The van der Waals surface area contributed by atoms with Gasteiger partial charge in [0.15, 0.2) is 5.15 Å². The van der Waals surface area contributed by atoms with Crippen LogP contribution in [0, 0.1) is 23.7 Å². The number of sulfonamides is 1. The van der Waals surface area contributed by atoms with Crippen LogP contribution in [-0.2, 0) is 19.6 Å². The van der Waals surface area contributed by atoms with Gasteiger partial charge in [-0.15, -0.1) is 0 Å². The highest BCUT2D eigenvalue weighted by Gasteiger charge is 2.44. The number of anilines is 1. The number of methoxy groups -OCH3 is 1. The number of nitrogens with one attached hydrogen (secondary N) is 3. The number of aromatic amines is 1. The van der Waals surface area contributed by atoms with Crippen molar-refractivity contribution in [2.75, 3.05) is 44.9 Å². The fourth-order valence-electron chi connectivity index (χ4n) is 7.08. The molecule has 1 saturated carbocycles. The van der Waals surface area contributed by atoms with Crippen LogP contribution in [0.3, 0.4) is 0 Å². The van der Waals surface area contributed by atoms with E-state index in [9.17, 15) is 22.8 Å². The number of hydrogen-bond acceptors (Lipinski definition) is 7. The van der Waals surface area contributed by atoms with Crippen molar-refractivity contribution in [3.8, 4) is 11.3 Å². The van der Waals surface area contributed by atoms with Crippen LogP contribution in [0.4, 0.5) is 15.3 Å². The quantitative estimate of drug-likeness (QED) is 0.318. The van der Waals surface area contributed by atoms with Crippen LogP contribution in [0.1, 0.15) is 56.8 Å². The van der Waals surface area contributed by atoms with E-state index in [1.54, 1.807) is 12.1 Å². The predicted octanol–water partition coefficient (Wildman–Crippen LogP) is 4.54. The number of imidazole rings is 1. The van der Waals surface area contributed by atoms with Gasteiger partial charge >= 0.3 is 12.2 Å². The fourth-order valence-corrected chi connectivity index (χ4v) is 8.20. The van der Waals surface area contributed by atoms with E-state index in [1.807, 2.05) is 17.0 Å². The molecular formula is C30H41ClN6O7S. The third-order valence-corrected chi connectivity index (χ3v) is 11.2. The number of hydrogen-bond donors (Lipinski definition) is 4. The van der Waals surface area contributed by atoms with Gasteiger partial charge in [0.2, 0.25) is 15.9 Å². The van der Waals surface area contributed by atoms with Crippen molar-refractivity contribution in [3.63, 3.8) is 0 Å². The van der Waals surface area contributed by atoms with Gasteiger partial charge in [-0.3, -0.25) is 10.1 Å². The second kappa shape index (κ2) is 14.0. The number of rotatable bonds is 8. The molecule has 3 aliphatic rings. The van der Waals surface area contributed by atoms with E-state index >= 15 is 0 Å². The first-order valence-corrected chi connectivity index (χ1v) is 17.6. The summed E-state index contributed by atoms with van der Waals surface area (Å²) in [5.41, 5.74) is 1.94. The maximum Gasteiger partial charge on any atom is 0.411 e. The minimum absolute atomic E-state index is 0.0769. The predicted molar refractivity (Wildman–Crippen MR) is 168 cm³/mol. The number of carbonyl (C=O) groups is 3. The van der Waals surface area contributed by atoms with E-state index < -0.39 is 22.2 Å². The Kier molecular flexibility index (Phi) is 10.2. The lowest BCUT2D eigenvalue weighted by atomic mass is 9.81. The molecule has 3 heterocycles. The molecule has 3 amide bonds.